The normalized spacial score (nSPS) is 10.9. The first-order valence-corrected chi connectivity index (χ1v) is 8.99. The lowest BCUT2D eigenvalue weighted by molar-refractivity contribution is -0.137. The van der Waals surface area contributed by atoms with Crippen LogP contribution in [0.3, 0.4) is 0 Å². The highest BCUT2D eigenvalue weighted by molar-refractivity contribution is 5.85. The number of aromatic nitrogens is 1. The summed E-state index contributed by atoms with van der Waals surface area (Å²) in [6, 6.07) is 16.8. The first kappa shape index (κ1) is 21.6. The van der Waals surface area contributed by atoms with Gasteiger partial charge in [-0.25, -0.2) is 4.79 Å². The SMILES string of the molecule is COC(=O)Nc1cccc(-c2cc(C(F)(F)F)c(C#N)c(=O)n2Cc2ccccc2)c1. The fraction of sp³-hybridized carbons (Fsp3) is 0.136. The fourth-order valence-corrected chi connectivity index (χ4v) is 3.07. The van der Waals surface area contributed by atoms with Crippen LogP contribution in [0.4, 0.5) is 23.7 Å². The molecular weight excluding hydrogens is 411 g/mol. The molecule has 158 valence electrons. The van der Waals surface area contributed by atoms with Crippen molar-refractivity contribution in [2.45, 2.75) is 12.7 Å². The van der Waals surface area contributed by atoms with E-state index < -0.39 is 29.0 Å². The monoisotopic (exact) mass is 427 g/mol. The van der Waals surface area contributed by atoms with Crippen molar-refractivity contribution in [2.75, 3.05) is 12.4 Å². The summed E-state index contributed by atoms with van der Waals surface area (Å²) in [5.74, 6) is 0. The van der Waals surface area contributed by atoms with E-state index in [4.69, 9.17) is 0 Å². The summed E-state index contributed by atoms with van der Waals surface area (Å²) in [5, 5.41) is 11.7. The van der Waals surface area contributed by atoms with Crippen LogP contribution in [-0.2, 0) is 17.5 Å². The molecule has 0 aliphatic carbocycles. The van der Waals surface area contributed by atoms with Gasteiger partial charge >= 0.3 is 12.3 Å². The standard InChI is InChI=1S/C22H16F3N3O3/c1-31-21(30)27-16-9-5-8-15(10-16)19-11-18(22(23,24)25)17(12-26)20(29)28(19)13-14-6-3-2-4-7-14/h2-11H,13H2,1H3,(H,27,30). The van der Waals surface area contributed by atoms with Gasteiger partial charge in [0.25, 0.3) is 5.56 Å². The number of alkyl halides is 3. The van der Waals surface area contributed by atoms with Gasteiger partial charge in [0, 0.05) is 11.3 Å². The summed E-state index contributed by atoms with van der Waals surface area (Å²) in [6.07, 6.45) is -5.65. The summed E-state index contributed by atoms with van der Waals surface area (Å²) in [5.41, 5.74) is -2.21. The largest absolute Gasteiger partial charge is 0.453 e. The van der Waals surface area contributed by atoms with Gasteiger partial charge < -0.3 is 9.30 Å². The number of nitrogens with one attached hydrogen (secondary N) is 1. The minimum atomic E-state index is -4.90. The Morgan fingerprint density at radius 2 is 1.84 bits per heavy atom. The summed E-state index contributed by atoms with van der Waals surface area (Å²) >= 11 is 0. The van der Waals surface area contributed by atoms with Crippen molar-refractivity contribution in [3.05, 3.63) is 87.7 Å². The number of hydrogen-bond acceptors (Lipinski definition) is 4. The zero-order chi connectivity index (χ0) is 22.6. The smallest absolute Gasteiger partial charge is 0.417 e. The van der Waals surface area contributed by atoms with Gasteiger partial charge in [-0.2, -0.15) is 18.4 Å². The van der Waals surface area contributed by atoms with E-state index in [1.807, 2.05) is 0 Å². The van der Waals surface area contributed by atoms with Gasteiger partial charge in [0.05, 0.1) is 24.9 Å². The minimum Gasteiger partial charge on any atom is -0.453 e. The lowest BCUT2D eigenvalue weighted by Gasteiger charge is -2.18. The van der Waals surface area contributed by atoms with Crippen LogP contribution in [-0.4, -0.2) is 17.8 Å². The summed E-state index contributed by atoms with van der Waals surface area (Å²) in [7, 11) is 1.17. The number of methoxy groups -OCH3 is 1. The van der Waals surface area contributed by atoms with Crippen LogP contribution in [0.15, 0.2) is 65.5 Å². The molecule has 31 heavy (non-hydrogen) atoms. The summed E-state index contributed by atoms with van der Waals surface area (Å²) < 4.78 is 46.4. The van der Waals surface area contributed by atoms with Crippen molar-refractivity contribution in [2.24, 2.45) is 0 Å². The fourth-order valence-electron chi connectivity index (χ4n) is 3.07. The Labute approximate surface area is 175 Å². The highest BCUT2D eigenvalue weighted by atomic mass is 19.4. The lowest BCUT2D eigenvalue weighted by Crippen LogP contribution is -2.28. The maximum absolute atomic E-state index is 13.6. The van der Waals surface area contributed by atoms with E-state index in [1.54, 1.807) is 30.3 Å². The molecule has 3 aromatic rings. The molecule has 0 unspecified atom stereocenters. The number of anilines is 1. The molecule has 0 fully saturated rings. The molecular formula is C22H16F3N3O3. The van der Waals surface area contributed by atoms with Crippen molar-refractivity contribution in [3.8, 4) is 17.3 Å². The number of benzene rings is 2. The summed E-state index contributed by atoms with van der Waals surface area (Å²) in [4.78, 5) is 24.4. The molecule has 0 aliphatic rings. The van der Waals surface area contributed by atoms with Crippen LogP contribution in [0.25, 0.3) is 11.3 Å². The lowest BCUT2D eigenvalue weighted by atomic mass is 10.0. The van der Waals surface area contributed by atoms with Crippen LogP contribution < -0.4 is 10.9 Å². The number of halogens is 3. The van der Waals surface area contributed by atoms with Crippen LogP contribution >= 0.6 is 0 Å². The van der Waals surface area contributed by atoms with Crippen LogP contribution in [0.5, 0.6) is 0 Å². The second-order valence-electron chi connectivity index (χ2n) is 6.50. The van der Waals surface area contributed by atoms with Gasteiger partial charge in [0.15, 0.2) is 0 Å². The van der Waals surface area contributed by atoms with E-state index in [2.05, 4.69) is 10.1 Å². The first-order chi connectivity index (χ1) is 14.7. The zero-order valence-corrected chi connectivity index (χ0v) is 16.2. The number of rotatable bonds is 4. The predicted octanol–water partition coefficient (Wildman–Crippen LogP) is 4.63. The maximum Gasteiger partial charge on any atom is 0.417 e. The van der Waals surface area contributed by atoms with Crippen LogP contribution in [0.1, 0.15) is 16.7 Å². The average molecular weight is 427 g/mol. The molecule has 1 heterocycles. The highest BCUT2D eigenvalue weighted by Crippen LogP contribution is 2.34. The van der Waals surface area contributed by atoms with E-state index in [-0.39, 0.29) is 23.5 Å². The predicted molar refractivity (Wildman–Crippen MR) is 107 cm³/mol. The average Bonchev–Trinajstić information content (AvgIpc) is 2.75. The van der Waals surface area contributed by atoms with Gasteiger partial charge in [0.2, 0.25) is 0 Å². The Balaban J connectivity index is 2.26. The number of pyridine rings is 1. The molecule has 1 aromatic heterocycles. The Kier molecular flexibility index (Phi) is 6.11. The van der Waals surface area contributed by atoms with E-state index in [0.29, 0.717) is 5.56 Å². The molecule has 0 aliphatic heterocycles. The minimum absolute atomic E-state index is 0.0452. The van der Waals surface area contributed by atoms with Gasteiger partial charge in [-0.15, -0.1) is 0 Å². The Morgan fingerprint density at radius 3 is 2.45 bits per heavy atom. The molecule has 1 amide bonds. The van der Waals surface area contributed by atoms with Crippen LogP contribution in [0, 0.1) is 11.3 Å². The Bertz CT molecular complexity index is 1210. The number of hydrogen-bond donors (Lipinski definition) is 1. The van der Waals surface area contributed by atoms with E-state index in [9.17, 15) is 28.0 Å². The van der Waals surface area contributed by atoms with Crippen molar-refractivity contribution < 1.29 is 22.7 Å². The molecule has 3 rings (SSSR count). The quantitative estimate of drug-likeness (QED) is 0.658. The van der Waals surface area contributed by atoms with Crippen LogP contribution in [0.2, 0.25) is 0 Å². The number of amides is 1. The molecule has 9 heteroatoms. The van der Waals surface area contributed by atoms with E-state index >= 15 is 0 Å². The maximum atomic E-state index is 13.6. The second kappa shape index (κ2) is 8.75. The van der Waals surface area contributed by atoms with Crippen molar-refractivity contribution in [1.29, 1.82) is 5.26 Å². The summed E-state index contributed by atoms with van der Waals surface area (Å²) in [6.45, 7) is -0.0452. The molecule has 2 aromatic carbocycles. The van der Waals surface area contributed by atoms with E-state index in [1.165, 1.54) is 37.4 Å². The van der Waals surface area contributed by atoms with Crippen molar-refractivity contribution in [3.63, 3.8) is 0 Å². The molecule has 6 nitrogen and oxygen atoms in total. The topological polar surface area (TPSA) is 84.1 Å². The Hall–Kier alpha value is -4.06. The number of carbonyl (C=O) groups excluding carboxylic acids is 1. The molecule has 0 saturated heterocycles. The third kappa shape index (κ3) is 4.75. The van der Waals surface area contributed by atoms with E-state index in [0.717, 1.165) is 10.6 Å². The van der Waals surface area contributed by atoms with Gasteiger partial charge in [-0.05, 0) is 23.8 Å². The molecule has 0 bridgehead atoms. The van der Waals surface area contributed by atoms with Crippen molar-refractivity contribution >= 4 is 11.8 Å². The zero-order valence-electron chi connectivity index (χ0n) is 16.2. The second-order valence-corrected chi connectivity index (χ2v) is 6.50. The van der Waals surface area contributed by atoms with Gasteiger partial charge in [-0.1, -0.05) is 42.5 Å². The Morgan fingerprint density at radius 1 is 1.13 bits per heavy atom. The molecule has 0 saturated carbocycles. The van der Waals surface area contributed by atoms with Crippen molar-refractivity contribution in [1.82, 2.24) is 4.57 Å². The third-order valence-corrected chi connectivity index (χ3v) is 4.49. The number of nitriles is 1. The van der Waals surface area contributed by atoms with Gasteiger partial charge in [-0.3, -0.25) is 10.1 Å². The third-order valence-electron chi connectivity index (χ3n) is 4.49. The molecule has 0 spiro atoms. The number of carbonyl (C=O) groups is 1. The molecule has 0 atom stereocenters. The molecule has 1 N–H and O–H groups in total. The number of ether oxygens (including phenoxy) is 1. The highest BCUT2D eigenvalue weighted by Gasteiger charge is 2.36. The van der Waals surface area contributed by atoms with Gasteiger partial charge in [0.1, 0.15) is 11.6 Å². The number of nitrogens with zero attached hydrogens (tertiary/aromatic N) is 2. The first-order valence-electron chi connectivity index (χ1n) is 8.99. The molecule has 0 radical (unpaired) electrons.